The molecule has 0 aliphatic heterocycles. The second-order valence-corrected chi connectivity index (χ2v) is 11.6. The zero-order chi connectivity index (χ0) is 24.1. The first-order valence-corrected chi connectivity index (χ1v) is 13.2. The molecule has 6 heteroatoms. The highest BCUT2D eigenvalue weighted by Crippen LogP contribution is 2.37. The van der Waals surface area contributed by atoms with E-state index in [-0.39, 0.29) is 22.3 Å². The quantitative estimate of drug-likeness (QED) is 0.268. The van der Waals surface area contributed by atoms with Crippen molar-refractivity contribution in [1.29, 1.82) is 0 Å². The molecule has 174 valence electrons. The zero-order valence-electron chi connectivity index (χ0n) is 20.5. The molecule has 0 fully saturated rings. The Morgan fingerprint density at radius 1 is 0.688 bits per heavy atom. The van der Waals surface area contributed by atoms with Crippen LogP contribution in [0.1, 0.15) is 63.8 Å². The Labute approximate surface area is 201 Å². The Morgan fingerprint density at radius 2 is 1.03 bits per heavy atom. The SMILES string of the molecule is CSc1cc(C=NCCN=Cc2cc(SC)cc(C(C)(C)C)c2O)c(O)c(C(C)(C)C)c1. The fraction of sp³-hybridized carbons (Fsp3) is 0.462. The van der Waals surface area contributed by atoms with Gasteiger partial charge >= 0.3 is 0 Å². The minimum atomic E-state index is -0.151. The molecule has 0 aliphatic carbocycles. The molecule has 2 aromatic carbocycles. The van der Waals surface area contributed by atoms with E-state index in [1.807, 2.05) is 36.8 Å². The van der Waals surface area contributed by atoms with Crippen LogP contribution in [-0.2, 0) is 10.8 Å². The summed E-state index contributed by atoms with van der Waals surface area (Å²) in [4.78, 5) is 11.1. The second-order valence-electron chi connectivity index (χ2n) is 9.80. The largest absolute Gasteiger partial charge is 0.507 e. The van der Waals surface area contributed by atoms with Crippen molar-refractivity contribution in [2.45, 2.75) is 62.2 Å². The Morgan fingerprint density at radius 3 is 1.31 bits per heavy atom. The molecule has 0 atom stereocenters. The molecule has 0 bridgehead atoms. The highest BCUT2D eigenvalue weighted by atomic mass is 32.2. The molecule has 0 unspecified atom stereocenters. The Balaban J connectivity index is 2.15. The van der Waals surface area contributed by atoms with E-state index in [0.29, 0.717) is 13.1 Å². The molecule has 0 heterocycles. The number of phenols is 2. The minimum Gasteiger partial charge on any atom is -0.507 e. The van der Waals surface area contributed by atoms with Crippen molar-refractivity contribution in [1.82, 2.24) is 0 Å². The first-order chi connectivity index (χ1) is 14.9. The van der Waals surface area contributed by atoms with Gasteiger partial charge in [0.25, 0.3) is 0 Å². The van der Waals surface area contributed by atoms with E-state index in [9.17, 15) is 10.2 Å². The Kier molecular flexibility index (Phi) is 8.89. The summed E-state index contributed by atoms with van der Waals surface area (Å²) in [7, 11) is 0. The van der Waals surface area contributed by atoms with Crippen molar-refractivity contribution < 1.29 is 10.2 Å². The van der Waals surface area contributed by atoms with Gasteiger partial charge in [0.2, 0.25) is 0 Å². The standard InChI is InChI=1S/C26H36N2O2S2/c1-25(2,3)21-13-19(31-7)11-17(23(21)29)15-27-9-10-28-16-18-12-20(32-8)14-22(24(18)30)26(4,5)6/h11-16,29-30H,9-10H2,1-8H3. The number of phenolic OH excluding ortho intramolecular Hbond substituents is 2. The monoisotopic (exact) mass is 472 g/mol. The van der Waals surface area contributed by atoms with Gasteiger partial charge in [0.1, 0.15) is 11.5 Å². The van der Waals surface area contributed by atoms with Gasteiger partial charge in [-0.15, -0.1) is 23.5 Å². The number of thioether (sulfide) groups is 2. The van der Waals surface area contributed by atoms with Crippen LogP contribution in [0.25, 0.3) is 0 Å². The predicted octanol–water partition coefficient (Wildman–Crippen LogP) is 6.67. The summed E-state index contributed by atoms with van der Waals surface area (Å²) < 4.78 is 0. The normalized spacial score (nSPS) is 12.9. The predicted molar refractivity (Wildman–Crippen MR) is 142 cm³/mol. The van der Waals surface area contributed by atoms with Crippen molar-refractivity contribution in [3.8, 4) is 11.5 Å². The van der Waals surface area contributed by atoms with Crippen molar-refractivity contribution in [2.24, 2.45) is 9.98 Å². The molecule has 0 saturated carbocycles. The van der Waals surface area contributed by atoms with Crippen LogP contribution in [0.4, 0.5) is 0 Å². The third-order valence-corrected chi connectivity index (χ3v) is 6.55. The van der Waals surface area contributed by atoms with E-state index in [4.69, 9.17) is 0 Å². The van der Waals surface area contributed by atoms with Gasteiger partial charge in [-0.25, -0.2) is 0 Å². The number of rotatable bonds is 7. The maximum absolute atomic E-state index is 10.7. The summed E-state index contributed by atoms with van der Waals surface area (Å²) in [6.45, 7) is 13.5. The molecule has 0 amide bonds. The van der Waals surface area contributed by atoms with Gasteiger partial charge in [-0.1, -0.05) is 41.5 Å². The third-order valence-electron chi connectivity index (χ3n) is 5.13. The molecular formula is C26H36N2O2S2. The van der Waals surface area contributed by atoms with Crippen LogP contribution in [0.15, 0.2) is 44.0 Å². The first-order valence-electron chi connectivity index (χ1n) is 10.7. The van der Waals surface area contributed by atoms with Crippen LogP contribution >= 0.6 is 23.5 Å². The maximum Gasteiger partial charge on any atom is 0.128 e. The van der Waals surface area contributed by atoms with Gasteiger partial charge in [0.15, 0.2) is 0 Å². The molecule has 0 aromatic heterocycles. The summed E-state index contributed by atoms with van der Waals surface area (Å²) in [6, 6.07) is 8.01. The van der Waals surface area contributed by atoms with E-state index < -0.39 is 0 Å². The molecule has 0 radical (unpaired) electrons. The van der Waals surface area contributed by atoms with E-state index in [1.165, 1.54) is 0 Å². The van der Waals surface area contributed by atoms with Gasteiger partial charge < -0.3 is 10.2 Å². The lowest BCUT2D eigenvalue weighted by atomic mass is 9.85. The van der Waals surface area contributed by atoms with Gasteiger partial charge in [0.05, 0.1) is 13.1 Å². The van der Waals surface area contributed by atoms with Crippen LogP contribution in [0, 0.1) is 0 Å². The highest BCUT2D eigenvalue weighted by molar-refractivity contribution is 7.98. The second kappa shape index (κ2) is 10.8. The van der Waals surface area contributed by atoms with Crippen LogP contribution in [0.5, 0.6) is 11.5 Å². The number of hydrogen-bond donors (Lipinski definition) is 2. The van der Waals surface area contributed by atoms with Gasteiger partial charge in [-0.3, -0.25) is 9.98 Å². The molecule has 0 aliphatic rings. The summed E-state index contributed by atoms with van der Waals surface area (Å²) >= 11 is 3.30. The average molecular weight is 473 g/mol. The summed E-state index contributed by atoms with van der Waals surface area (Å²) in [5.74, 6) is 0.576. The molecule has 32 heavy (non-hydrogen) atoms. The summed E-state index contributed by atoms with van der Waals surface area (Å²) in [5, 5.41) is 21.4. The van der Waals surface area contributed by atoms with E-state index in [2.05, 4.69) is 51.5 Å². The van der Waals surface area contributed by atoms with Gasteiger partial charge in [0, 0.05) is 44.5 Å². The lowest BCUT2D eigenvalue weighted by Crippen LogP contribution is -2.12. The van der Waals surface area contributed by atoms with Crippen molar-refractivity contribution in [3.63, 3.8) is 0 Å². The van der Waals surface area contributed by atoms with E-state index >= 15 is 0 Å². The molecule has 2 N–H and O–H groups in total. The molecular weight excluding hydrogens is 436 g/mol. The number of aliphatic imine (C=N–C) groups is 2. The van der Waals surface area contributed by atoms with E-state index in [1.54, 1.807) is 36.0 Å². The summed E-state index contributed by atoms with van der Waals surface area (Å²) in [5.41, 5.74) is 2.99. The number of benzene rings is 2. The van der Waals surface area contributed by atoms with Crippen molar-refractivity contribution in [2.75, 3.05) is 25.6 Å². The van der Waals surface area contributed by atoms with E-state index in [0.717, 1.165) is 32.0 Å². The maximum atomic E-state index is 10.7. The molecule has 0 spiro atoms. The number of aromatic hydroxyl groups is 2. The highest BCUT2D eigenvalue weighted by Gasteiger charge is 2.21. The number of hydrogen-bond acceptors (Lipinski definition) is 6. The van der Waals surface area contributed by atoms with Gasteiger partial charge in [-0.05, 0) is 47.6 Å². The fourth-order valence-corrected chi connectivity index (χ4v) is 4.24. The first kappa shape index (κ1) is 26.3. The Bertz CT molecular complexity index is 919. The molecule has 0 saturated heterocycles. The zero-order valence-corrected chi connectivity index (χ0v) is 22.1. The van der Waals surface area contributed by atoms with Crippen LogP contribution in [0.2, 0.25) is 0 Å². The molecule has 2 rings (SSSR count). The van der Waals surface area contributed by atoms with Crippen molar-refractivity contribution in [3.05, 3.63) is 46.5 Å². The van der Waals surface area contributed by atoms with Crippen molar-refractivity contribution >= 4 is 36.0 Å². The Hall–Kier alpha value is -1.92. The fourth-order valence-electron chi connectivity index (χ4n) is 3.28. The lowest BCUT2D eigenvalue weighted by Gasteiger charge is -2.22. The average Bonchev–Trinajstić information content (AvgIpc) is 2.70. The topological polar surface area (TPSA) is 65.2 Å². The summed E-state index contributed by atoms with van der Waals surface area (Å²) in [6.07, 6.45) is 7.51. The van der Waals surface area contributed by atoms with Gasteiger partial charge in [-0.2, -0.15) is 0 Å². The molecule has 2 aromatic rings. The van der Waals surface area contributed by atoms with Crippen LogP contribution in [0.3, 0.4) is 0 Å². The van der Waals surface area contributed by atoms with Crippen LogP contribution < -0.4 is 0 Å². The van der Waals surface area contributed by atoms with Crippen LogP contribution in [-0.4, -0.2) is 48.2 Å². The number of nitrogens with zero attached hydrogens (tertiary/aromatic N) is 2. The smallest absolute Gasteiger partial charge is 0.128 e. The lowest BCUT2D eigenvalue weighted by molar-refractivity contribution is 0.444. The minimum absolute atomic E-state index is 0.151. The third kappa shape index (κ3) is 6.79. The molecule has 4 nitrogen and oxygen atoms in total.